The molecule has 1 amide bonds. The van der Waals surface area contributed by atoms with Crippen LogP contribution in [0, 0.1) is 6.92 Å². The Labute approximate surface area is 189 Å². The highest BCUT2D eigenvalue weighted by atomic mass is 35.5. The highest BCUT2D eigenvalue weighted by molar-refractivity contribution is 6.33. The second-order valence-electron chi connectivity index (χ2n) is 6.94. The van der Waals surface area contributed by atoms with Crippen LogP contribution in [0.1, 0.15) is 26.3 Å². The van der Waals surface area contributed by atoms with Crippen molar-refractivity contribution in [1.29, 1.82) is 0 Å². The lowest BCUT2D eigenvalue weighted by Gasteiger charge is -2.08. The Balaban J connectivity index is 1.50. The molecule has 4 aromatic rings. The van der Waals surface area contributed by atoms with E-state index in [1.54, 1.807) is 30.3 Å². The zero-order valence-electron chi connectivity index (χ0n) is 17.3. The first-order chi connectivity index (χ1) is 15.5. The minimum atomic E-state index is -0.583. The summed E-state index contributed by atoms with van der Waals surface area (Å²) < 4.78 is 10.5. The van der Waals surface area contributed by atoms with E-state index in [2.05, 4.69) is 15.5 Å². The molecule has 0 spiro atoms. The van der Waals surface area contributed by atoms with Gasteiger partial charge in [0.25, 0.3) is 5.91 Å². The van der Waals surface area contributed by atoms with E-state index in [9.17, 15) is 9.59 Å². The van der Waals surface area contributed by atoms with Crippen molar-refractivity contribution >= 4 is 29.2 Å². The number of hydrogen-bond donors (Lipinski definition) is 1. The Bertz CT molecular complexity index is 1300. The maximum atomic E-state index is 12.6. The second kappa shape index (κ2) is 9.03. The number of carbonyl (C=O) groups is 2. The van der Waals surface area contributed by atoms with Gasteiger partial charge in [-0.1, -0.05) is 29.8 Å². The summed E-state index contributed by atoms with van der Waals surface area (Å²) in [5, 5.41) is 11.2. The zero-order chi connectivity index (χ0) is 22.7. The normalized spacial score (nSPS) is 10.6. The average molecular weight is 448 g/mol. The van der Waals surface area contributed by atoms with Crippen molar-refractivity contribution in [3.8, 4) is 22.9 Å². The smallest absolute Gasteiger partial charge is 0.339 e. The van der Waals surface area contributed by atoms with Gasteiger partial charge in [-0.3, -0.25) is 4.79 Å². The maximum Gasteiger partial charge on any atom is 0.339 e. The number of anilines is 1. The molecular formula is C24H18ClN3O4. The molecule has 7 nitrogen and oxygen atoms in total. The van der Waals surface area contributed by atoms with Crippen molar-refractivity contribution in [3.63, 3.8) is 0 Å². The lowest BCUT2D eigenvalue weighted by Crippen LogP contribution is -2.12. The van der Waals surface area contributed by atoms with Gasteiger partial charge in [-0.25, -0.2) is 4.79 Å². The first-order valence-corrected chi connectivity index (χ1v) is 10.0. The largest absolute Gasteiger partial charge is 0.465 e. The quantitative estimate of drug-likeness (QED) is 0.411. The minimum Gasteiger partial charge on any atom is -0.465 e. The average Bonchev–Trinajstić information content (AvgIpc) is 3.30. The fourth-order valence-electron chi connectivity index (χ4n) is 3.10. The Morgan fingerprint density at radius 2 is 1.69 bits per heavy atom. The number of ether oxygens (including phenoxy) is 1. The molecule has 1 N–H and O–H groups in total. The Kier molecular flexibility index (Phi) is 6.00. The summed E-state index contributed by atoms with van der Waals surface area (Å²) in [4.78, 5) is 24.4. The third-order valence-electron chi connectivity index (χ3n) is 4.82. The van der Waals surface area contributed by atoms with Crippen molar-refractivity contribution in [2.24, 2.45) is 0 Å². The van der Waals surface area contributed by atoms with Gasteiger partial charge < -0.3 is 14.5 Å². The van der Waals surface area contributed by atoms with Crippen LogP contribution in [0.3, 0.4) is 0 Å². The molecule has 1 heterocycles. The number of amides is 1. The van der Waals surface area contributed by atoms with E-state index in [-0.39, 0.29) is 16.5 Å². The molecular weight excluding hydrogens is 430 g/mol. The Hall–Kier alpha value is -3.97. The molecule has 8 heteroatoms. The van der Waals surface area contributed by atoms with Crippen LogP contribution in [0.2, 0.25) is 5.02 Å². The van der Waals surface area contributed by atoms with E-state index < -0.39 is 5.97 Å². The third kappa shape index (κ3) is 4.38. The van der Waals surface area contributed by atoms with Crippen LogP contribution in [-0.4, -0.2) is 29.2 Å². The maximum absolute atomic E-state index is 12.6. The van der Waals surface area contributed by atoms with E-state index >= 15 is 0 Å². The highest BCUT2D eigenvalue weighted by Gasteiger charge is 2.15. The van der Waals surface area contributed by atoms with Crippen LogP contribution >= 0.6 is 11.6 Å². The number of halogens is 1. The molecule has 32 heavy (non-hydrogen) atoms. The van der Waals surface area contributed by atoms with E-state index in [0.717, 1.165) is 11.1 Å². The van der Waals surface area contributed by atoms with Crippen molar-refractivity contribution in [2.45, 2.75) is 6.92 Å². The molecule has 0 bridgehead atoms. The molecule has 0 radical (unpaired) electrons. The lowest BCUT2D eigenvalue weighted by molar-refractivity contribution is 0.0600. The second-order valence-corrected chi connectivity index (χ2v) is 7.35. The summed E-state index contributed by atoms with van der Waals surface area (Å²) in [7, 11) is 1.26. The summed E-state index contributed by atoms with van der Waals surface area (Å²) in [5.74, 6) is -0.138. The van der Waals surface area contributed by atoms with Crippen LogP contribution in [0.5, 0.6) is 0 Å². The molecule has 3 aromatic carbocycles. The Morgan fingerprint density at radius 3 is 2.41 bits per heavy atom. The number of aryl methyl sites for hydroxylation is 1. The van der Waals surface area contributed by atoms with Crippen molar-refractivity contribution < 1.29 is 18.7 Å². The van der Waals surface area contributed by atoms with Gasteiger partial charge in [0, 0.05) is 22.4 Å². The topological polar surface area (TPSA) is 94.3 Å². The lowest BCUT2D eigenvalue weighted by atomic mass is 10.1. The molecule has 0 aliphatic carbocycles. The SMILES string of the molecule is COC(=O)c1cc(NC(=O)c2ccc(-c3nnc(-c4ccccc4C)o3)cc2)ccc1Cl. The fraction of sp³-hybridized carbons (Fsp3) is 0.0833. The van der Waals surface area contributed by atoms with Gasteiger partial charge in [0.05, 0.1) is 17.7 Å². The van der Waals surface area contributed by atoms with Gasteiger partial charge in [-0.2, -0.15) is 0 Å². The summed E-state index contributed by atoms with van der Waals surface area (Å²) in [6.45, 7) is 1.97. The van der Waals surface area contributed by atoms with Gasteiger partial charge in [0.1, 0.15) is 0 Å². The summed E-state index contributed by atoms with van der Waals surface area (Å²) in [5.41, 5.74) is 3.60. The van der Waals surface area contributed by atoms with Gasteiger partial charge in [-0.15, -0.1) is 10.2 Å². The summed E-state index contributed by atoms with van der Waals surface area (Å²) in [6.07, 6.45) is 0. The predicted octanol–water partition coefficient (Wildman–Crippen LogP) is 5.40. The number of methoxy groups -OCH3 is 1. The number of hydrogen-bond acceptors (Lipinski definition) is 6. The van der Waals surface area contributed by atoms with E-state index in [0.29, 0.717) is 28.6 Å². The number of nitrogens with zero attached hydrogens (tertiary/aromatic N) is 2. The molecule has 0 unspecified atom stereocenters. The first-order valence-electron chi connectivity index (χ1n) is 9.65. The predicted molar refractivity (Wildman–Crippen MR) is 121 cm³/mol. The number of esters is 1. The zero-order valence-corrected chi connectivity index (χ0v) is 18.0. The highest BCUT2D eigenvalue weighted by Crippen LogP contribution is 2.26. The monoisotopic (exact) mass is 447 g/mol. The third-order valence-corrected chi connectivity index (χ3v) is 5.15. The van der Waals surface area contributed by atoms with Gasteiger partial charge >= 0.3 is 5.97 Å². The molecule has 0 fully saturated rings. The summed E-state index contributed by atoms with van der Waals surface area (Å²) >= 11 is 6.02. The minimum absolute atomic E-state index is 0.170. The number of carbonyl (C=O) groups excluding carboxylic acids is 2. The van der Waals surface area contributed by atoms with Crippen LogP contribution in [-0.2, 0) is 4.74 Å². The van der Waals surface area contributed by atoms with Crippen LogP contribution in [0.4, 0.5) is 5.69 Å². The Morgan fingerprint density at radius 1 is 0.969 bits per heavy atom. The fourth-order valence-corrected chi connectivity index (χ4v) is 3.29. The van der Waals surface area contributed by atoms with E-state index in [4.69, 9.17) is 20.8 Å². The molecule has 0 saturated carbocycles. The van der Waals surface area contributed by atoms with E-state index in [1.807, 2.05) is 31.2 Å². The molecule has 0 saturated heterocycles. The molecule has 0 aliphatic rings. The number of aromatic nitrogens is 2. The number of rotatable bonds is 5. The van der Waals surface area contributed by atoms with Crippen LogP contribution < -0.4 is 5.32 Å². The molecule has 160 valence electrons. The molecule has 4 rings (SSSR count). The van der Waals surface area contributed by atoms with Crippen molar-refractivity contribution in [2.75, 3.05) is 12.4 Å². The van der Waals surface area contributed by atoms with Gasteiger partial charge in [0.2, 0.25) is 11.8 Å². The number of benzene rings is 3. The van der Waals surface area contributed by atoms with Crippen LogP contribution in [0.25, 0.3) is 22.9 Å². The standard InChI is InChI=1S/C24H18ClN3O4/c1-14-5-3-4-6-18(14)23-28-27-22(32-23)16-9-7-15(8-10-16)21(29)26-17-11-12-20(25)19(13-17)24(30)31-2/h3-13H,1-2H3,(H,26,29). The van der Waals surface area contributed by atoms with E-state index in [1.165, 1.54) is 19.2 Å². The van der Waals surface area contributed by atoms with Crippen molar-refractivity contribution in [3.05, 3.63) is 88.4 Å². The first kappa shape index (κ1) is 21.3. The molecule has 0 atom stereocenters. The van der Waals surface area contributed by atoms with Gasteiger partial charge in [0.15, 0.2) is 0 Å². The molecule has 1 aromatic heterocycles. The van der Waals surface area contributed by atoms with Crippen LogP contribution in [0.15, 0.2) is 71.1 Å². The van der Waals surface area contributed by atoms with Gasteiger partial charge in [-0.05, 0) is 61.0 Å². The molecule has 0 aliphatic heterocycles. The summed E-state index contributed by atoms with van der Waals surface area (Å²) in [6, 6.07) is 19.1. The number of nitrogens with one attached hydrogen (secondary N) is 1. The van der Waals surface area contributed by atoms with Crippen molar-refractivity contribution in [1.82, 2.24) is 10.2 Å².